The third-order valence-corrected chi connectivity index (χ3v) is 4.78. The number of hydrogen-bond acceptors (Lipinski definition) is 7. The number of benzene rings is 1. The fourth-order valence-corrected chi connectivity index (χ4v) is 3.34. The lowest BCUT2D eigenvalue weighted by Gasteiger charge is -2.32. The van der Waals surface area contributed by atoms with Crippen LogP contribution < -0.4 is 4.90 Å². The molecular weight excluding hydrogens is 346 g/mol. The summed E-state index contributed by atoms with van der Waals surface area (Å²) < 4.78 is 1.92. The van der Waals surface area contributed by atoms with Gasteiger partial charge in [0.2, 0.25) is 0 Å². The van der Waals surface area contributed by atoms with Crippen LogP contribution >= 0.6 is 0 Å². The van der Waals surface area contributed by atoms with Crippen molar-refractivity contribution in [2.45, 2.75) is 25.8 Å². The Morgan fingerprint density at radius 1 is 1.15 bits per heavy atom. The molecule has 9 heteroatoms. The molecular formula is C18H19N7O2. The van der Waals surface area contributed by atoms with E-state index in [1.807, 2.05) is 17.7 Å². The third kappa shape index (κ3) is 3.62. The molecule has 1 saturated heterocycles. The normalized spacial score (nSPS) is 15.1. The van der Waals surface area contributed by atoms with Gasteiger partial charge in [0.25, 0.3) is 5.69 Å². The summed E-state index contributed by atoms with van der Waals surface area (Å²) >= 11 is 0. The van der Waals surface area contributed by atoms with E-state index in [0.29, 0.717) is 11.9 Å². The number of nitro benzene ring substituents is 1. The van der Waals surface area contributed by atoms with Crippen molar-refractivity contribution < 1.29 is 4.92 Å². The van der Waals surface area contributed by atoms with Crippen LogP contribution in [0, 0.1) is 17.0 Å². The average molecular weight is 365 g/mol. The first-order valence-corrected chi connectivity index (χ1v) is 8.80. The smallest absolute Gasteiger partial charge is 0.269 e. The van der Waals surface area contributed by atoms with Gasteiger partial charge in [-0.15, -0.1) is 0 Å². The number of aromatic nitrogens is 5. The molecule has 1 aliphatic rings. The van der Waals surface area contributed by atoms with Gasteiger partial charge in [-0.1, -0.05) is 0 Å². The summed E-state index contributed by atoms with van der Waals surface area (Å²) in [6, 6.07) is 8.67. The molecule has 0 saturated carbocycles. The molecule has 0 unspecified atom stereocenters. The van der Waals surface area contributed by atoms with Crippen molar-refractivity contribution in [3.8, 4) is 11.4 Å². The van der Waals surface area contributed by atoms with Gasteiger partial charge >= 0.3 is 0 Å². The maximum atomic E-state index is 10.8. The lowest BCUT2D eigenvalue weighted by molar-refractivity contribution is -0.384. The van der Waals surface area contributed by atoms with Crippen LogP contribution in [0.4, 0.5) is 11.5 Å². The van der Waals surface area contributed by atoms with Crippen molar-refractivity contribution in [1.82, 2.24) is 24.7 Å². The first-order valence-electron chi connectivity index (χ1n) is 8.80. The summed E-state index contributed by atoms with van der Waals surface area (Å²) in [4.78, 5) is 25.9. The molecule has 0 spiro atoms. The molecule has 27 heavy (non-hydrogen) atoms. The second-order valence-corrected chi connectivity index (χ2v) is 6.59. The Kier molecular flexibility index (Phi) is 4.49. The molecule has 4 rings (SSSR count). The molecule has 0 amide bonds. The minimum Gasteiger partial charge on any atom is -0.356 e. The van der Waals surface area contributed by atoms with Crippen molar-refractivity contribution >= 4 is 11.5 Å². The number of aryl methyl sites for hydroxylation is 1. The van der Waals surface area contributed by atoms with Gasteiger partial charge in [0, 0.05) is 42.5 Å². The summed E-state index contributed by atoms with van der Waals surface area (Å²) in [6.07, 6.45) is 5.27. The number of hydrogen-bond donors (Lipinski definition) is 0. The van der Waals surface area contributed by atoms with Gasteiger partial charge in [-0.2, -0.15) is 5.10 Å². The van der Waals surface area contributed by atoms with Crippen LogP contribution in [0.1, 0.15) is 24.6 Å². The topological polar surface area (TPSA) is 103 Å². The van der Waals surface area contributed by atoms with Crippen LogP contribution in [0.2, 0.25) is 0 Å². The third-order valence-electron chi connectivity index (χ3n) is 4.78. The molecule has 138 valence electrons. The number of piperidine rings is 1. The van der Waals surface area contributed by atoms with Gasteiger partial charge in [-0.3, -0.25) is 10.1 Å². The van der Waals surface area contributed by atoms with Crippen molar-refractivity contribution in [3.63, 3.8) is 0 Å². The van der Waals surface area contributed by atoms with Gasteiger partial charge in [-0.25, -0.2) is 19.6 Å². The Bertz CT molecular complexity index is 933. The van der Waals surface area contributed by atoms with E-state index in [-0.39, 0.29) is 5.69 Å². The van der Waals surface area contributed by atoms with E-state index in [1.54, 1.807) is 24.8 Å². The van der Waals surface area contributed by atoms with Crippen molar-refractivity contribution in [2.24, 2.45) is 0 Å². The van der Waals surface area contributed by atoms with E-state index < -0.39 is 4.92 Å². The van der Waals surface area contributed by atoms with Gasteiger partial charge in [0.05, 0.1) is 11.0 Å². The van der Waals surface area contributed by atoms with Gasteiger partial charge in [0.15, 0.2) is 5.82 Å². The van der Waals surface area contributed by atoms with Crippen LogP contribution in [-0.4, -0.2) is 42.7 Å². The minimum absolute atomic E-state index is 0.0572. The monoisotopic (exact) mass is 365 g/mol. The maximum absolute atomic E-state index is 10.8. The minimum atomic E-state index is -0.411. The zero-order valence-corrected chi connectivity index (χ0v) is 14.9. The van der Waals surface area contributed by atoms with Crippen molar-refractivity contribution in [1.29, 1.82) is 0 Å². The molecule has 0 radical (unpaired) electrons. The number of rotatable bonds is 4. The van der Waals surface area contributed by atoms with E-state index in [2.05, 4.69) is 20.0 Å². The summed E-state index contributed by atoms with van der Waals surface area (Å²) in [5.41, 5.74) is 1.69. The quantitative estimate of drug-likeness (QED) is 0.517. The van der Waals surface area contributed by atoms with Crippen molar-refractivity contribution in [2.75, 3.05) is 18.0 Å². The van der Waals surface area contributed by atoms with Gasteiger partial charge < -0.3 is 4.90 Å². The molecule has 0 bridgehead atoms. The Labute approximate surface area is 155 Å². The summed E-state index contributed by atoms with van der Waals surface area (Å²) in [5.74, 6) is 1.46. The standard InChI is InChI=1S/C18H19N7O2/c1-13-10-17(23-8-6-15(7-9-23)24-12-19-11-20-24)22-18(21-13)14-2-4-16(5-3-14)25(26)27/h2-5,10-12,15H,6-9H2,1H3. The number of nitrogens with zero attached hydrogens (tertiary/aromatic N) is 7. The fourth-order valence-electron chi connectivity index (χ4n) is 3.34. The van der Waals surface area contributed by atoms with Crippen LogP contribution in [0.3, 0.4) is 0 Å². The molecule has 0 atom stereocenters. The second-order valence-electron chi connectivity index (χ2n) is 6.59. The predicted molar refractivity (Wildman–Crippen MR) is 99.4 cm³/mol. The first-order chi connectivity index (χ1) is 13.1. The Morgan fingerprint density at radius 3 is 2.52 bits per heavy atom. The highest BCUT2D eigenvalue weighted by Gasteiger charge is 2.22. The predicted octanol–water partition coefficient (Wildman–Crippen LogP) is 2.79. The SMILES string of the molecule is Cc1cc(N2CCC(n3cncn3)CC2)nc(-c2ccc([N+](=O)[O-])cc2)n1. The largest absolute Gasteiger partial charge is 0.356 e. The fraction of sp³-hybridized carbons (Fsp3) is 0.333. The molecule has 9 nitrogen and oxygen atoms in total. The second kappa shape index (κ2) is 7.10. The molecule has 3 aromatic rings. The zero-order valence-electron chi connectivity index (χ0n) is 14.9. The van der Waals surface area contributed by atoms with E-state index in [4.69, 9.17) is 4.98 Å². The molecule has 1 fully saturated rings. The lowest BCUT2D eigenvalue weighted by atomic mass is 10.1. The van der Waals surface area contributed by atoms with Gasteiger partial charge in [-0.05, 0) is 31.9 Å². The van der Waals surface area contributed by atoms with Crippen LogP contribution in [0.5, 0.6) is 0 Å². The highest BCUT2D eigenvalue weighted by molar-refractivity contribution is 5.60. The molecule has 0 aliphatic carbocycles. The van der Waals surface area contributed by atoms with E-state index >= 15 is 0 Å². The Balaban J connectivity index is 1.53. The van der Waals surface area contributed by atoms with Crippen LogP contribution in [0.15, 0.2) is 43.0 Å². The first kappa shape index (κ1) is 17.1. The molecule has 1 aromatic carbocycles. The zero-order chi connectivity index (χ0) is 18.8. The number of nitro groups is 1. The molecule has 0 N–H and O–H groups in total. The maximum Gasteiger partial charge on any atom is 0.269 e. The average Bonchev–Trinajstić information content (AvgIpc) is 3.22. The Hall–Kier alpha value is -3.36. The lowest BCUT2D eigenvalue weighted by Crippen LogP contribution is -2.35. The number of non-ortho nitro benzene ring substituents is 1. The highest BCUT2D eigenvalue weighted by atomic mass is 16.6. The summed E-state index contributed by atoms with van der Waals surface area (Å²) in [7, 11) is 0. The van der Waals surface area contributed by atoms with Crippen LogP contribution in [-0.2, 0) is 0 Å². The number of anilines is 1. The van der Waals surface area contributed by atoms with Crippen molar-refractivity contribution in [3.05, 3.63) is 58.8 Å². The summed E-state index contributed by atoms with van der Waals surface area (Å²) in [5, 5.41) is 15.1. The van der Waals surface area contributed by atoms with E-state index in [1.165, 1.54) is 12.1 Å². The molecule has 2 aromatic heterocycles. The Morgan fingerprint density at radius 2 is 1.89 bits per heavy atom. The van der Waals surface area contributed by atoms with Gasteiger partial charge in [0.1, 0.15) is 18.5 Å². The van der Waals surface area contributed by atoms with E-state index in [0.717, 1.165) is 43.0 Å². The molecule has 1 aliphatic heterocycles. The summed E-state index contributed by atoms with van der Waals surface area (Å²) in [6.45, 7) is 3.68. The van der Waals surface area contributed by atoms with E-state index in [9.17, 15) is 10.1 Å². The molecule has 3 heterocycles. The highest BCUT2D eigenvalue weighted by Crippen LogP contribution is 2.27. The van der Waals surface area contributed by atoms with Crippen LogP contribution in [0.25, 0.3) is 11.4 Å².